The van der Waals surface area contributed by atoms with Gasteiger partial charge in [0.1, 0.15) is 11.9 Å². The molecule has 0 saturated heterocycles. The quantitative estimate of drug-likeness (QED) is 0.655. The highest BCUT2D eigenvalue weighted by molar-refractivity contribution is 5.95. The second-order valence-corrected chi connectivity index (χ2v) is 6.64. The highest BCUT2D eigenvalue weighted by Crippen LogP contribution is 2.27. The van der Waals surface area contributed by atoms with Gasteiger partial charge in [-0.2, -0.15) is 5.26 Å². The van der Waals surface area contributed by atoms with E-state index in [2.05, 4.69) is 31.2 Å². The zero-order valence-corrected chi connectivity index (χ0v) is 15.5. The molecule has 140 valence electrons. The summed E-state index contributed by atoms with van der Waals surface area (Å²) in [7, 11) is 0. The summed E-state index contributed by atoms with van der Waals surface area (Å²) in [4.78, 5) is 11.5. The Morgan fingerprint density at radius 1 is 0.964 bits per heavy atom. The van der Waals surface area contributed by atoms with E-state index in [1.165, 1.54) is 29.3 Å². The van der Waals surface area contributed by atoms with Crippen molar-refractivity contribution in [1.82, 2.24) is 0 Å². The summed E-state index contributed by atoms with van der Waals surface area (Å²) in [5, 5.41) is 20.4. The van der Waals surface area contributed by atoms with Crippen molar-refractivity contribution in [3.8, 4) is 17.2 Å². The molecular weight excluding hydrogens is 353 g/mol. The first-order chi connectivity index (χ1) is 13.5. The van der Waals surface area contributed by atoms with Crippen LogP contribution in [-0.2, 0) is 19.3 Å². The van der Waals surface area contributed by atoms with E-state index in [0.29, 0.717) is 11.1 Å². The fourth-order valence-corrected chi connectivity index (χ4v) is 3.17. The molecule has 0 aliphatic rings. The molecule has 0 N–H and O–H groups in total. The van der Waals surface area contributed by atoms with Gasteiger partial charge in [0.2, 0.25) is 0 Å². The molecule has 0 unspecified atom stereocenters. The number of nitrogens with zero attached hydrogens (tertiary/aromatic N) is 1. The smallest absolute Gasteiger partial charge is 0.141 e. The van der Waals surface area contributed by atoms with Crippen LogP contribution in [0.15, 0.2) is 60.7 Å². The third-order valence-electron chi connectivity index (χ3n) is 4.84. The fraction of sp³-hybridized carbons (Fsp3) is 0.167. The maximum Gasteiger partial charge on any atom is 0.141 e. The van der Waals surface area contributed by atoms with Crippen LogP contribution in [0.4, 0.5) is 4.39 Å². The predicted molar refractivity (Wildman–Crippen MR) is 104 cm³/mol. The van der Waals surface area contributed by atoms with Gasteiger partial charge in [0.15, 0.2) is 0 Å². The van der Waals surface area contributed by atoms with Crippen LogP contribution in [0.1, 0.15) is 39.5 Å². The molecule has 3 nitrogen and oxygen atoms in total. The van der Waals surface area contributed by atoms with Crippen molar-refractivity contribution in [1.29, 1.82) is 5.26 Å². The van der Waals surface area contributed by atoms with Crippen LogP contribution in [0.2, 0.25) is 0 Å². The molecule has 4 heteroatoms. The van der Waals surface area contributed by atoms with Gasteiger partial charge in [-0.15, -0.1) is 0 Å². The zero-order valence-electron chi connectivity index (χ0n) is 15.5. The fourth-order valence-electron chi connectivity index (χ4n) is 3.17. The summed E-state index contributed by atoms with van der Waals surface area (Å²) in [5.74, 6) is -1.99. The summed E-state index contributed by atoms with van der Waals surface area (Å²) in [6.07, 6.45) is 2.54. The Morgan fingerprint density at radius 3 is 2.21 bits per heavy atom. The minimum Gasteiger partial charge on any atom is -0.545 e. The number of nitriles is 1. The van der Waals surface area contributed by atoms with Crippen LogP contribution in [0.25, 0.3) is 11.1 Å². The minimum atomic E-state index is -1.32. The van der Waals surface area contributed by atoms with Crippen LogP contribution in [0, 0.1) is 17.1 Å². The monoisotopic (exact) mass is 372 g/mol. The molecule has 3 aromatic carbocycles. The van der Waals surface area contributed by atoms with Crippen LogP contribution >= 0.6 is 0 Å². The molecule has 0 aromatic heterocycles. The normalized spacial score (nSPS) is 10.5. The Bertz CT molecular complexity index is 1050. The van der Waals surface area contributed by atoms with E-state index in [4.69, 9.17) is 5.26 Å². The second-order valence-electron chi connectivity index (χ2n) is 6.64. The highest BCUT2D eigenvalue weighted by Gasteiger charge is 2.11. The van der Waals surface area contributed by atoms with Gasteiger partial charge in [-0.25, -0.2) is 4.39 Å². The van der Waals surface area contributed by atoms with Gasteiger partial charge in [0.05, 0.1) is 11.5 Å². The van der Waals surface area contributed by atoms with E-state index in [1.54, 1.807) is 24.3 Å². The number of carboxylic acid groups (broad SMARTS) is 1. The molecule has 0 radical (unpaired) electrons. The lowest BCUT2D eigenvalue weighted by molar-refractivity contribution is -0.254. The summed E-state index contributed by atoms with van der Waals surface area (Å²) < 4.78 is 14.0. The van der Waals surface area contributed by atoms with Gasteiger partial charge >= 0.3 is 0 Å². The molecule has 0 atom stereocenters. The van der Waals surface area contributed by atoms with Crippen molar-refractivity contribution in [2.45, 2.75) is 26.2 Å². The Balaban J connectivity index is 1.90. The molecule has 0 heterocycles. The summed E-state index contributed by atoms with van der Waals surface area (Å²) >= 11 is 0. The summed E-state index contributed by atoms with van der Waals surface area (Å²) in [5.41, 5.74) is 4.15. The zero-order chi connectivity index (χ0) is 20.1. The predicted octanol–water partition coefficient (Wildman–Crippen LogP) is 4.08. The Labute approximate surface area is 163 Å². The van der Waals surface area contributed by atoms with Crippen molar-refractivity contribution in [3.05, 3.63) is 94.3 Å². The first kappa shape index (κ1) is 19.3. The van der Waals surface area contributed by atoms with E-state index in [0.717, 1.165) is 24.8 Å². The van der Waals surface area contributed by atoms with E-state index in [-0.39, 0.29) is 11.1 Å². The molecule has 3 rings (SSSR count). The average Bonchev–Trinajstić information content (AvgIpc) is 2.72. The molecule has 0 amide bonds. The van der Waals surface area contributed by atoms with Crippen LogP contribution in [-0.4, -0.2) is 5.97 Å². The number of rotatable bonds is 6. The highest BCUT2D eigenvalue weighted by atomic mass is 19.1. The van der Waals surface area contributed by atoms with Crippen molar-refractivity contribution < 1.29 is 14.3 Å². The lowest BCUT2D eigenvalue weighted by Crippen LogP contribution is -2.23. The van der Waals surface area contributed by atoms with Crippen molar-refractivity contribution in [2.24, 2.45) is 0 Å². The van der Waals surface area contributed by atoms with E-state index < -0.39 is 11.8 Å². The van der Waals surface area contributed by atoms with E-state index in [9.17, 15) is 14.3 Å². The summed E-state index contributed by atoms with van der Waals surface area (Å²) in [6, 6.07) is 19.3. The summed E-state index contributed by atoms with van der Waals surface area (Å²) in [6.45, 7) is 2.11. The maximum absolute atomic E-state index is 14.0. The number of carboxylic acids is 1. The molecule has 28 heavy (non-hydrogen) atoms. The number of halogens is 1. The largest absolute Gasteiger partial charge is 0.545 e. The molecule has 0 spiro atoms. The van der Waals surface area contributed by atoms with Crippen molar-refractivity contribution in [3.63, 3.8) is 0 Å². The number of carbonyl (C=O) groups is 1. The SMILES string of the molecule is CCc1ccc(CCc2ccc(C(=O)[O-])c(-c3ccc(C#N)c(F)c3)c2)cc1. The number of hydrogen-bond donors (Lipinski definition) is 0. The maximum atomic E-state index is 14.0. The van der Waals surface area contributed by atoms with E-state index in [1.807, 2.05) is 0 Å². The van der Waals surface area contributed by atoms with Gasteiger partial charge in [0.25, 0.3) is 0 Å². The molecule has 0 aliphatic carbocycles. The first-order valence-corrected chi connectivity index (χ1v) is 9.14. The average molecular weight is 372 g/mol. The molecule has 0 aliphatic heterocycles. The first-order valence-electron chi connectivity index (χ1n) is 9.14. The number of hydrogen-bond acceptors (Lipinski definition) is 3. The number of benzene rings is 3. The van der Waals surface area contributed by atoms with Crippen LogP contribution < -0.4 is 5.11 Å². The van der Waals surface area contributed by atoms with Gasteiger partial charge in [-0.05, 0) is 59.2 Å². The number of aryl methyl sites for hydroxylation is 3. The third-order valence-corrected chi connectivity index (χ3v) is 4.84. The molecular formula is C24H19FNO2-. The Kier molecular flexibility index (Phi) is 5.86. The third kappa shape index (κ3) is 4.27. The number of aromatic carboxylic acids is 1. The molecule has 0 bridgehead atoms. The Morgan fingerprint density at radius 2 is 1.61 bits per heavy atom. The molecule has 0 saturated carbocycles. The lowest BCUT2D eigenvalue weighted by atomic mass is 9.94. The lowest BCUT2D eigenvalue weighted by Gasteiger charge is -2.14. The minimum absolute atomic E-state index is 0.000145. The van der Waals surface area contributed by atoms with Crippen LogP contribution in [0.3, 0.4) is 0 Å². The van der Waals surface area contributed by atoms with Gasteiger partial charge in [-0.1, -0.05) is 55.5 Å². The second kappa shape index (κ2) is 8.49. The number of carbonyl (C=O) groups excluding carboxylic acids is 1. The van der Waals surface area contributed by atoms with Crippen LogP contribution in [0.5, 0.6) is 0 Å². The van der Waals surface area contributed by atoms with Gasteiger partial charge in [0, 0.05) is 5.56 Å². The topological polar surface area (TPSA) is 63.9 Å². The van der Waals surface area contributed by atoms with Gasteiger partial charge < -0.3 is 9.90 Å². The van der Waals surface area contributed by atoms with Crippen molar-refractivity contribution in [2.75, 3.05) is 0 Å². The molecule has 3 aromatic rings. The van der Waals surface area contributed by atoms with E-state index >= 15 is 0 Å². The van der Waals surface area contributed by atoms with Crippen molar-refractivity contribution >= 4 is 5.97 Å². The van der Waals surface area contributed by atoms with Gasteiger partial charge in [-0.3, -0.25) is 0 Å². The molecule has 0 fully saturated rings. The Hall–Kier alpha value is -3.45. The standard InChI is InChI=1S/C24H20FNO2/c1-2-16-3-5-17(6-4-16)7-8-18-9-12-21(24(27)28)22(13-18)19-10-11-20(15-26)23(25)14-19/h3-6,9-14H,2,7-8H2,1H3,(H,27,28)/p-1.